The molecule has 5 nitrogen and oxygen atoms in total. The highest BCUT2D eigenvalue weighted by atomic mass is 79.9. The van der Waals surface area contributed by atoms with E-state index in [-0.39, 0.29) is 11.1 Å². The molecule has 2 saturated heterocycles. The van der Waals surface area contributed by atoms with Crippen LogP contribution in [-0.2, 0) is 14.3 Å². The molecule has 2 aliphatic heterocycles. The number of rotatable bonds is 4. The Morgan fingerprint density at radius 2 is 1.93 bits per heavy atom. The minimum absolute atomic E-state index is 0.200. The second-order valence-electron chi connectivity index (χ2n) is 6.85. The molecule has 2 fully saturated rings. The molecular weight excluding hydrogens is 534 g/mol. The number of thioether (sulfide) groups is 1. The summed E-state index contributed by atoms with van der Waals surface area (Å²) in [5.41, 5.74) is 0.690. The summed E-state index contributed by atoms with van der Waals surface area (Å²) >= 11 is 28.2. The molecule has 0 unspecified atom stereocenters. The maximum Gasteiger partial charge on any atom is 0.330 e. The summed E-state index contributed by atoms with van der Waals surface area (Å²) in [7, 11) is 0. The fourth-order valence-corrected chi connectivity index (χ4v) is 6.06. The Morgan fingerprint density at radius 1 is 1.32 bits per heavy atom. The average molecular weight is 549 g/mol. The number of aliphatic imine (C=N–C) groups is 1. The van der Waals surface area contributed by atoms with Crippen LogP contribution in [0.2, 0.25) is 0 Å². The highest BCUT2D eigenvalue weighted by Crippen LogP contribution is 2.58. The monoisotopic (exact) mass is 546 g/mol. The van der Waals surface area contributed by atoms with Crippen molar-refractivity contribution in [1.82, 2.24) is 4.90 Å². The van der Waals surface area contributed by atoms with Crippen molar-refractivity contribution in [2.24, 2.45) is 4.99 Å². The maximum atomic E-state index is 12.9. The van der Waals surface area contributed by atoms with Crippen molar-refractivity contribution >= 4 is 91.1 Å². The van der Waals surface area contributed by atoms with Crippen LogP contribution in [0.25, 0.3) is 0 Å². The van der Waals surface area contributed by atoms with Crippen molar-refractivity contribution in [3.8, 4) is 0 Å². The van der Waals surface area contributed by atoms with Gasteiger partial charge < -0.3 is 9.64 Å². The van der Waals surface area contributed by atoms with Crippen molar-refractivity contribution in [3.63, 3.8) is 0 Å². The molecule has 1 amide bonds. The molecule has 1 aromatic rings. The lowest BCUT2D eigenvalue weighted by Crippen LogP contribution is -2.70. The number of benzene rings is 1. The van der Waals surface area contributed by atoms with E-state index in [1.807, 2.05) is 32.0 Å². The summed E-state index contributed by atoms with van der Waals surface area (Å²) < 4.78 is 1.51. The lowest BCUT2D eigenvalue weighted by molar-refractivity contribution is -0.163. The van der Waals surface area contributed by atoms with Gasteiger partial charge in [-0.3, -0.25) is 4.79 Å². The van der Waals surface area contributed by atoms with Crippen molar-refractivity contribution in [2.45, 2.75) is 38.3 Å². The molecule has 0 aliphatic carbocycles. The SMILES string of the molecule is CC1(C)S[C@H]2N(C(=O)[C@@]2(Br)N=C(Cl)c2ccccc2)[C@H]1C(=O)OCC(Cl)(Cl)Cl. The molecule has 0 saturated carbocycles. The van der Waals surface area contributed by atoms with Gasteiger partial charge in [-0.25, -0.2) is 9.79 Å². The predicted molar refractivity (Wildman–Crippen MR) is 118 cm³/mol. The van der Waals surface area contributed by atoms with Gasteiger partial charge in [0.2, 0.25) is 8.24 Å². The largest absolute Gasteiger partial charge is 0.460 e. The molecule has 0 N–H and O–H groups in total. The molecule has 0 bridgehead atoms. The number of β-lactam (4-membered cyclic amide) rings is 1. The Bertz CT molecular complexity index is 833. The third-order valence-corrected chi connectivity index (χ3v) is 7.85. The second kappa shape index (κ2) is 7.82. The lowest BCUT2D eigenvalue weighted by Gasteiger charge is -2.47. The Hall–Kier alpha value is -0.180. The van der Waals surface area contributed by atoms with E-state index in [9.17, 15) is 9.59 Å². The number of carbonyl (C=O) groups excluding carboxylic acids is 2. The Balaban J connectivity index is 1.83. The summed E-state index contributed by atoms with van der Waals surface area (Å²) in [6.45, 7) is 3.29. The molecule has 0 radical (unpaired) electrons. The van der Waals surface area contributed by atoms with Crippen molar-refractivity contribution in [3.05, 3.63) is 35.9 Å². The molecule has 28 heavy (non-hydrogen) atoms. The topological polar surface area (TPSA) is 59.0 Å². The minimum Gasteiger partial charge on any atom is -0.460 e. The fraction of sp³-hybridized carbons (Fsp3) is 0.471. The number of hydrogen-bond acceptors (Lipinski definition) is 5. The zero-order valence-electron chi connectivity index (χ0n) is 14.7. The number of ether oxygens (including phenoxy) is 1. The van der Waals surface area contributed by atoms with Crippen LogP contribution in [0, 0.1) is 0 Å². The average Bonchev–Trinajstić information content (AvgIpc) is 2.89. The number of halogens is 5. The van der Waals surface area contributed by atoms with Crippen molar-refractivity contribution in [1.29, 1.82) is 0 Å². The molecule has 3 rings (SSSR count). The van der Waals surface area contributed by atoms with Crippen LogP contribution in [0.15, 0.2) is 35.3 Å². The number of nitrogens with zero attached hydrogens (tertiary/aromatic N) is 2. The first kappa shape index (κ1) is 22.5. The molecule has 1 aromatic carbocycles. The molecule has 2 heterocycles. The summed E-state index contributed by atoms with van der Waals surface area (Å²) in [6.07, 6.45) is 0. The first-order valence-corrected chi connectivity index (χ1v) is 11.3. The molecule has 152 valence electrons. The van der Waals surface area contributed by atoms with Gasteiger partial charge in [-0.15, -0.1) is 11.8 Å². The van der Waals surface area contributed by atoms with Gasteiger partial charge in [0.05, 0.1) is 0 Å². The van der Waals surface area contributed by atoms with Crippen LogP contribution in [0.4, 0.5) is 0 Å². The standard InChI is InChI=1S/C17H15BrCl4N2O3S/c1-15(2)10(12(25)27-8-16(20,21)22)24-13(26)17(18,14(24)28-15)23-11(19)9-6-4-3-5-7-9/h3-7,10,14H,8H2,1-2H3/t10-,14+,17+/m0/s1. The first-order chi connectivity index (χ1) is 12.9. The van der Waals surface area contributed by atoms with Gasteiger partial charge in [0.25, 0.3) is 5.91 Å². The number of esters is 1. The van der Waals surface area contributed by atoms with Gasteiger partial charge in [-0.1, -0.05) is 76.7 Å². The normalized spacial score (nSPS) is 29.3. The lowest BCUT2D eigenvalue weighted by atomic mass is 9.96. The first-order valence-electron chi connectivity index (χ1n) is 8.10. The van der Waals surface area contributed by atoms with E-state index in [4.69, 9.17) is 51.1 Å². The smallest absolute Gasteiger partial charge is 0.330 e. The maximum absolute atomic E-state index is 12.9. The van der Waals surface area contributed by atoms with Crippen LogP contribution in [0.3, 0.4) is 0 Å². The van der Waals surface area contributed by atoms with Gasteiger partial charge in [0.1, 0.15) is 23.2 Å². The third-order valence-electron chi connectivity index (χ3n) is 4.34. The summed E-state index contributed by atoms with van der Waals surface area (Å²) in [5, 5.41) is -0.233. The molecule has 2 aliphatic rings. The quantitative estimate of drug-likeness (QED) is 0.179. The van der Waals surface area contributed by atoms with Crippen LogP contribution >= 0.6 is 74.1 Å². The van der Waals surface area contributed by atoms with Crippen molar-refractivity contribution in [2.75, 3.05) is 6.61 Å². The summed E-state index contributed by atoms with van der Waals surface area (Å²) in [4.78, 5) is 31.4. The van der Waals surface area contributed by atoms with E-state index < -0.39 is 37.0 Å². The summed E-state index contributed by atoms with van der Waals surface area (Å²) in [6, 6.07) is 8.27. The Kier molecular flexibility index (Phi) is 6.28. The van der Waals surface area contributed by atoms with Crippen LogP contribution in [-0.4, -0.2) is 53.0 Å². The fourth-order valence-electron chi connectivity index (χ4n) is 3.10. The number of amides is 1. The van der Waals surface area contributed by atoms with E-state index in [0.29, 0.717) is 5.56 Å². The highest BCUT2D eigenvalue weighted by Gasteiger charge is 2.71. The highest BCUT2D eigenvalue weighted by molar-refractivity contribution is 9.10. The van der Waals surface area contributed by atoms with E-state index in [2.05, 4.69) is 20.9 Å². The van der Waals surface area contributed by atoms with E-state index in [1.165, 1.54) is 16.7 Å². The molecule has 3 atom stereocenters. The molecule has 0 aromatic heterocycles. The van der Waals surface area contributed by atoms with E-state index in [1.54, 1.807) is 12.1 Å². The molecular formula is C17H15BrCl4N2O3S. The third kappa shape index (κ3) is 4.16. The number of carbonyl (C=O) groups is 2. The predicted octanol–water partition coefficient (Wildman–Crippen LogP) is 4.74. The molecule has 0 spiro atoms. The zero-order chi connectivity index (χ0) is 20.9. The van der Waals surface area contributed by atoms with Gasteiger partial charge in [0, 0.05) is 10.3 Å². The minimum atomic E-state index is -1.73. The van der Waals surface area contributed by atoms with Gasteiger partial charge >= 0.3 is 5.97 Å². The van der Waals surface area contributed by atoms with Crippen LogP contribution < -0.4 is 0 Å². The molecule has 11 heteroatoms. The number of alkyl halides is 4. The second-order valence-corrected chi connectivity index (χ2v) is 12.7. The Morgan fingerprint density at radius 3 is 2.50 bits per heavy atom. The van der Waals surface area contributed by atoms with E-state index in [0.717, 1.165) is 0 Å². The Labute approximate surface area is 195 Å². The van der Waals surface area contributed by atoms with Gasteiger partial charge in [0.15, 0.2) is 0 Å². The number of fused-ring (bicyclic) bond motifs is 1. The van der Waals surface area contributed by atoms with Crippen LogP contribution in [0.1, 0.15) is 19.4 Å². The van der Waals surface area contributed by atoms with Gasteiger partial charge in [-0.2, -0.15) is 0 Å². The van der Waals surface area contributed by atoms with Crippen LogP contribution in [0.5, 0.6) is 0 Å². The van der Waals surface area contributed by atoms with E-state index >= 15 is 0 Å². The zero-order valence-corrected chi connectivity index (χ0v) is 20.1. The number of hydrogen-bond donors (Lipinski definition) is 0. The van der Waals surface area contributed by atoms with Gasteiger partial charge in [-0.05, 0) is 29.8 Å². The van der Waals surface area contributed by atoms with Crippen molar-refractivity contribution < 1.29 is 14.3 Å². The summed E-state index contributed by atoms with van der Waals surface area (Å²) in [5.74, 6) is -1.01.